The minimum Gasteiger partial charge on any atom is -0.452 e. The average Bonchev–Trinajstić information content (AvgIpc) is 2.95. The van der Waals surface area contributed by atoms with Crippen LogP contribution in [0.25, 0.3) is 0 Å². The Morgan fingerprint density at radius 3 is 2.40 bits per heavy atom. The van der Waals surface area contributed by atoms with Gasteiger partial charge in [0.05, 0.1) is 36.1 Å². The van der Waals surface area contributed by atoms with Crippen LogP contribution >= 0.6 is 11.6 Å². The first kappa shape index (κ1) is 22.1. The van der Waals surface area contributed by atoms with E-state index < -0.39 is 51.2 Å². The molecule has 0 radical (unpaired) electrons. The molecule has 13 heteroatoms. The normalized spacial score (nSPS) is 19.1. The van der Waals surface area contributed by atoms with Crippen LogP contribution in [0.5, 0.6) is 11.5 Å². The Balaban J connectivity index is 1.80. The van der Waals surface area contributed by atoms with E-state index in [1.807, 2.05) is 0 Å². The molecule has 1 N–H and O–H groups in total. The van der Waals surface area contributed by atoms with Gasteiger partial charge in [0.15, 0.2) is 23.9 Å². The third-order valence-corrected chi connectivity index (χ3v) is 4.88. The number of nitrogens with zero attached hydrogens (tertiary/aromatic N) is 2. The van der Waals surface area contributed by atoms with Crippen LogP contribution in [0.15, 0.2) is 24.4 Å². The summed E-state index contributed by atoms with van der Waals surface area (Å²) in [5, 5.41) is -0.0289. The van der Waals surface area contributed by atoms with Crippen LogP contribution in [0.4, 0.5) is 23.4 Å². The summed E-state index contributed by atoms with van der Waals surface area (Å²) in [6.45, 7) is -0.462. The van der Waals surface area contributed by atoms with Crippen LogP contribution in [0.1, 0.15) is 10.4 Å². The quantitative estimate of drug-likeness (QED) is 0.680. The maximum absolute atomic E-state index is 14.3. The zero-order chi connectivity index (χ0) is 22.2. The number of hydrogen-bond acceptors (Lipinski definition) is 6. The van der Waals surface area contributed by atoms with Gasteiger partial charge in [-0.2, -0.15) is 0 Å². The van der Waals surface area contributed by atoms with Crippen molar-refractivity contribution in [2.75, 3.05) is 24.2 Å². The third-order valence-electron chi connectivity index (χ3n) is 4.05. The minimum absolute atomic E-state index is 0.0289. The van der Waals surface area contributed by atoms with E-state index in [1.165, 1.54) is 15.7 Å². The number of hydrogen-bond donors (Lipinski definition) is 1. The van der Waals surface area contributed by atoms with Gasteiger partial charge in [0.25, 0.3) is 5.91 Å². The van der Waals surface area contributed by atoms with E-state index in [9.17, 15) is 30.8 Å². The molecule has 2 heterocycles. The lowest BCUT2D eigenvalue weighted by Gasteiger charge is -2.18. The van der Waals surface area contributed by atoms with Gasteiger partial charge in [-0.25, -0.2) is 35.7 Å². The molecule has 0 aliphatic carbocycles. The van der Waals surface area contributed by atoms with E-state index in [-0.39, 0.29) is 29.7 Å². The summed E-state index contributed by atoms with van der Waals surface area (Å²) < 4.78 is 84.0. The first-order chi connectivity index (χ1) is 13.9. The monoisotopic (exact) mass is 467 g/mol. The number of nitrogens with one attached hydrogen (secondary N) is 1. The number of carbonyl (C=O) groups excluding carboxylic acids is 1. The largest absolute Gasteiger partial charge is 0.452 e. The van der Waals surface area contributed by atoms with Gasteiger partial charge >= 0.3 is 0 Å². The molecule has 1 fully saturated rings. The minimum atomic E-state index is -3.98. The molecule has 2 aromatic rings. The number of ether oxygens (including phenoxy) is 1. The number of halogens is 5. The SMILES string of the molecule is CS(=O)(=O)NC(=O)c1cc(F)c(Oc2cnc(N3C[C@@H](F)[C@H](F)C3)c(Cl)c2)cc1F. The third kappa shape index (κ3) is 4.93. The average molecular weight is 468 g/mol. The van der Waals surface area contributed by atoms with E-state index >= 15 is 0 Å². The molecule has 0 unspecified atom stereocenters. The van der Waals surface area contributed by atoms with Crippen LogP contribution in [-0.4, -0.2) is 51.0 Å². The lowest BCUT2D eigenvalue weighted by Crippen LogP contribution is -2.30. The lowest BCUT2D eigenvalue weighted by atomic mass is 10.2. The van der Waals surface area contributed by atoms with Gasteiger partial charge in [0.1, 0.15) is 17.4 Å². The van der Waals surface area contributed by atoms with Crippen molar-refractivity contribution in [3.05, 3.63) is 46.6 Å². The maximum atomic E-state index is 14.3. The van der Waals surface area contributed by atoms with Crippen LogP contribution < -0.4 is 14.4 Å². The van der Waals surface area contributed by atoms with Crippen LogP contribution in [0.2, 0.25) is 5.02 Å². The van der Waals surface area contributed by atoms with Gasteiger partial charge in [-0.1, -0.05) is 11.6 Å². The van der Waals surface area contributed by atoms with E-state index in [0.29, 0.717) is 18.4 Å². The number of anilines is 1. The summed E-state index contributed by atoms with van der Waals surface area (Å²) in [7, 11) is -3.98. The second-order valence-electron chi connectivity index (χ2n) is 6.48. The first-order valence-corrected chi connectivity index (χ1v) is 10.6. The van der Waals surface area contributed by atoms with Crippen molar-refractivity contribution in [3.63, 3.8) is 0 Å². The first-order valence-electron chi connectivity index (χ1n) is 8.32. The van der Waals surface area contributed by atoms with Crippen LogP contribution in [0, 0.1) is 11.6 Å². The predicted molar refractivity (Wildman–Crippen MR) is 100.0 cm³/mol. The number of aromatic nitrogens is 1. The molecular weight excluding hydrogens is 454 g/mol. The van der Waals surface area contributed by atoms with Gasteiger partial charge in [-0.05, 0) is 6.07 Å². The molecule has 1 saturated heterocycles. The van der Waals surface area contributed by atoms with Crippen molar-refractivity contribution >= 4 is 33.3 Å². The van der Waals surface area contributed by atoms with E-state index in [2.05, 4.69) is 4.98 Å². The highest BCUT2D eigenvalue weighted by molar-refractivity contribution is 7.89. The summed E-state index contributed by atoms with van der Waals surface area (Å²) in [5.74, 6) is -4.37. The lowest BCUT2D eigenvalue weighted by molar-refractivity contribution is 0.0977. The summed E-state index contributed by atoms with van der Waals surface area (Å²) in [6, 6.07) is 2.22. The summed E-state index contributed by atoms with van der Waals surface area (Å²) in [6.07, 6.45) is -1.56. The Labute approximate surface area is 173 Å². The molecule has 7 nitrogen and oxygen atoms in total. The van der Waals surface area contributed by atoms with E-state index in [4.69, 9.17) is 16.3 Å². The predicted octanol–water partition coefficient (Wildman–Crippen LogP) is 2.99. The second-order valence-corrected chi connectivity index (χ2v) is 8.64. The topological polar surface area (TPSA) is 88.6 Å². The Morgan fingerprint density at radius 2 is 1.83 bits per heavy atom. The van der Waals surface area contributed by atoms with E-state index in [1.54, 1.807) is 0 Å². The highest BCUT2D eigenvalue weighted by atomic mass is 35.5. The summed E-state index contributed by atoms with van der Waals surface area (Å²) in [5.41, 5.74) is -0.840. The fraction of sp³-hybridized carbons (Fsp3) is 0.294. The molecule has 3 rings (SSSR count). The van der Waals surface area contributed by atoms with Crippen LogP contribution in [-0.2, 0) is 10.0 Å². The van der Waals surface area contributed by atoms with Gasteiger partial charge < -0.3 is 9.64 Å². The molecule has 1 aromatic carbocycles. The number of alkyl halides is 2. The van der Waals surface area contributed by atoms with Crippen molar-refractivity contribution in [3.8, 4) is 11.5 Å². The molecule has 1 amide bonds. The molecule has 1 aliphatic rings. The standard InChI is InChI=1S/C17H14ClF4N3O4S/c1-30(27,28)24-17(26)9-3-12(20)15(4-11(9)19)29-8-2-10(18)16(23-5-8)25-6-13(21)14(22)7-25/h2-5,13-14H,6-7H2,1H3,(H,24,26)/t13-,14-/m1/s1. The van der Waals surface area contributed by atoms with Crippen molar-refractivity contribution in [2.24, 2.45) is 0 Å². The summed E-state index contributed by atoms with van der Waals surface area (Å²) in [4.78, 5) is 17.0. The highest BCUT2D eigenvalue weighted by Gasteiger charge is 2.34. The van der Waals surface area contributed by atoms with Crippen molar-refractivity contribution < 1.29 is 35.5 Å². The number of sulfonamides is 1. The zero-order valence-electron chi connectivity index (χ0n) is 15.2. The van der Waals surface area contributed by atoms with Gasteiger partial charge in [-0.15, -0.1) is 0 Å². The van der Waals surface area contributed by atoms with Gasteiger partial charge in [0, 0.05) is 12.1 Å². The molecule has 30 heavy (non-hydrogen) atoms. The Kier molecular flexibility index (Phi) is 6.09. The molecule has 0 spiro atoms. The Bertz CT molecular complexity index is 1090. The fourth-order valence-corrected chi connectivity index (χ4v) is 3.45. The highest BCUT2D eigenvalue weighted by Crippen LogP contribution is 2.33. The molecule has 2 atom stereocenters. The smallest absolute Gasteiger partial charge is 0.267 e. The molecular formula is C17H14ClF4N3O4S. The Morgan fingerprint density at radius 1 is 1.20 bits per heavy atom. The zero-order valence-corrected chi connectivity index (χ0v) is 16.8. The number of carbonyl (C=O) groups is 1. The van der Waals surface area contributed by atoms with Crippen LogP contribution in [0.3, 0.4) is 0 Å². The molecule has 0 bridgehead atoms. The maximum Gasteiger partial charge on any atom is 0.267 e. The van der Waals surface area contributed by atoms with Gasteiger partial charge in [0.2, 0.25) is 10.0 Å². The molecule has 1 aromatic heterocycles. The number of rotatable bonds is 5. The summed E-state index contributed by atoms with van der Waals surface area (Å²) >= 11 is 6.06. The molecule has 162 valence electrons. The van der Waals surface area contributed by atoms with Crippen molar-refractivity contribution in [1.82, 2.24) is 9.71 Å². The molecule has 0 saturated carbocycles. The number of amides is 1. The fourth-order valence-electron chi connectivity index (χ4n) is 2.73. The number of pyridine rings is 1. The van der Waals surface area contributed by atoms with E-state index in [0.717, 1.165) is 6.20 Å². The van der Waals surface area contributed by atoms with Gasteiger partial charge in [-0.3, -0.25) is 4.79 Å². The van der Waals surface area contributed by atoms with Crippen molar-refractivity contribution in [2.45, 2.75) is 12.3 Å². The second kappa shape index (κ2) is 8.26. The Hall–Kier alpha value is -2.60. The van der Waals surface area contributed by atoms with Crippen molar-refractivity contribution in [1.29, 1.82) is 0 Å². The molecule has 1 aliphatic heterocycles. The number of benzene rings is 1.